The largest absolute Gasteiger partial charge is 0.211 e. The number of para-hydroxylation sites is 1. The van der Waals surface area contributed by atoms with Crippen molar-refractivity contribution < 1.29 is 0 Å². The highest BCUT2D eigenvalue weighted by atomic mass is 15.4. The summed E-state index contributed by atoms with van der Waals surface area (Å²) in [6.45, 7) is 6.25. The quantitative estimate of drug-likeness (QED) is 0.735. The zero-order chi connectivity index (χ0) is 16.4. The number of nitriles is 1. The number of hydrogen-bond acceptors (Lipinski definition) is 3. The molecule has 0 saturated carbocycles. The lowest BCUT2D eigenvalue weighted by Gasteiger charge is -2.11. The van der Waals surface area contributed by atoms with E-state index in [1.165, 1.54) is 16.7 Å². The second-order valence-corrected chi connectivity index (χ2v) is 5.59. The number of nitrogens with zero attached hydrogens (tertiary/aromatic N) is 4. The second-order valence-electron chi connectivity index (χ2n) is 5.59. The van der Waals surface area contributed by atoms with Crippen LogP contribution in [0.15, 0.2) is 42.5 Å². The summed E-state index contributed by atoms with van der Waals surface area (Å²) < 4.78 is 1.78. The van der Waals surface area contributed by atoms with Gasteiger partial charge in [-0.1, -0.05) is 42.5 Å². The predicted octanol–water partition coefficient (Wildman–Crippen LogP) is 3.99. The molecule has 0 aliphatic rings. The van der Waals surface area contributed by atoms with Crippen molar-refractivity contribution in [3.05, 3.63) is 64.8 Å². The standard InChI is InChI=1S/C19H18N4/c1-4-15-7-5-6-8-18(15)23-19(17(12-20)21-22-23)16-10-9-13(2)14(3)11-16/h5-11H,4H2,1-3H3. The van der Waals surface area contributed by atoms with E-state index in [1.807, 2.05) is 24.3 Å². The summed E-state index contributed by atoms with van der Waals surface area (Å²) in [5.41, 5.74) is 6.60. The third-order valence-electron chi connectivity index (χ3n) is 4.16. The van der Waals surface area contributed by atoms with Gasteiger partial charge < -0.3 is 0 Å². The van der Waals surface area contributed by atoms with Crippen LogP contribution in [0.5, 0.6) is 0 Å². The summed E-state index contributed by atoms with van der Waals surface area (Å²) in [5.74, 6) is 0. The number of aromatic nitrogens is 3. The van der Waals surface area contributed by atoms with E-state index in [0.717, 1.165) is 23.4 Å². The molecule has 0 fully saturated rings. The minimum atomic E-state index is 0.346. The van der Waals surface area contributed by atoms with Crippen LogP contribution >= 0.6 is 0 Å². The molecule has 3 aromatic rings. The molecule has 114 valence electrons. The Bertz CT molecular complexity index is 900. The van der Waals surface area contributed by atoms with Gasteiger partial charge in [0, 0.05) is 5.56 Å². The molecule has 0 spiro atoms. The molecule has 3 rings (SSSR count). The van der Waals surface area contributed by atoms with Gasteiger partial charge >= 0.3 is 0 Å². The molecule has 23 heavy (non-hydrogen) atoms. The molecule has 4 nitrogen and oxygen atoms in total. The fourth-order valence-corrected chi connectivity index (χ4v) is 2.69. The summed E-state index contributed by atoms with van der Waals surface area (Å²) in [6.07, 6.45) is 0.893. The second kappa shape index (κ2) is 6.05. The molecule has 0 aliphatic carbocycles. The molecule has 1 aromatic heterocycles. The van der Waals surface area contributed by atoms with Crippen molar-refractivity contribution in [2.24, 2.45) is 0 Å². The molecule has 0 saturated heterocycles. The Morgan fingerprint density at radius 2 is 1.87 bits per heavy atom. The average molecular weight is 302 g/mol. The average Bonchev–Trinajstić information content (AvgIpc) is 3.01. The molecule has 0 N–H and O–H groups in total. The Balaban J connectivity index is 2.26. The van der Waals surface area contributed by atoms with Crippen molar-refractivity contribution in [3.63, 3.8) is 0 Å². The maximum atomic E-state index is 9.42. The van der Waals surface area contributed by atoms with Crippen LogP contribution in [0.25, 0.3) is 16.9 Å². The third-order valence-corrected chi connectivity index (χ3v) is 4.16. The highest BCUT2D eigenvalue weighted by molar-refractivity contribution is 5.68. The molecule has 4 heteroatoms. The molecule has 0 radical (unpaired) electrons. The third kappa shape index (κ3) is 2.62. The molecule has 2 aromatic carbocycles. The summed E-state index contributed by atoms with van der Waals surface area (Å²) in [5, 5.41) is 17.7. The summed E-state index contributed by atoms with van der Waals surface area (Å²) in [7, 11) is 0. The zero-order valence-electron chi connectivity index (χ0n) is 13.5. The molecule has 0 bridgehead atoms. The highest BCUT2D eigenvalue weighted by Gasteiger charge is 2.18. The Labute approximate surface area is 136 Å². The van der Waals surface area contributed by atoms with Gasteiger partial charge in [-0.15, -0.1) is 5.10 Å². The summed E-state index contributed by atoms with van der Waals surface area (Å²) >= 11 is 0. The maximum absolute atomic E-state index is 9.42. The van der Waals surface area contributed by atoms with Gasteiger partial charge in [-0.2, -0.15) is 5.26 Å². The van der Waals surface area contributed by atoms with E-state index in [9.17, 15) is 5.26 Å². The molecule has 0 aliphatic heterocycles. The van der Waals surface area contributed by atoms with E-state index >= 15 is 0 Å². The lowest BCUT2D eigenvalue weighted by atomic mass is 10.0. The van der Waals surface area contributed by atoms with Gasteiger partial charge in [0.15, 0.2) is 5.69 Å². The fraction of sp³-hybridized carbons (Fsp3) is 0.211. The van der Waals surface area contributed by atoms with Crippen molar-refractivity contribution in [1.29, 1.82) is 5.26 Å². The normalized spacial score (nSPS) is 10.5. The lowest BCUT2D eigenvalue weighted by Crippen LogP contribution is -2.03. The van der Waals surface area contributed by atoms with Crippen LogP contribution in [0.3, 0.4) is 0 Å². The fourth-order valence-electron chi connectivity index (χ4n) is 2.69. The van der Waals surface area contributed by atoms with Crippen LogP contribution in [-0.2, 0) is 6.42 Å². The van der Waals surface area contributed by atoms with E-state index in [2.05, 4.69) is 55.4 Å². The predicted molar refractivity (Wildman–Crippen MR) is 90.4 cm³/mol. The Kier molecular flexibility index (Phi) is 3.94. The number of benzene rings is 2. The number of hydrogen-bond donors (Lipinski definition) is 0. The Hall–Kier alpha value is -2.93. The van der Waals surface area contributed by atoms with Crippen molar-refractivity contribution >= 4 is 0 Å². The van der Waals surface area contributed by atoms with Crippen LogP contribution < -0.4 is 0 Å². The maximum Gasteiger partial charge on any atom is 0.191 e. The first-order chi connectivity index (χ1) is 11.2. The van der Waals surface area contributed by atoms with Gasteiger partial charge in [-0.05, 0) is 49.1 Å². The van der Waals surface area contributed by atoms with Gasteiger partial charge in [0.2, 0.25) is 0 Å². The van der Waals surface area contributed by atoms with E-state index in [0.29, 0.717) is 5.69 Å². The monoisotopic (exact) mass is 302 g/mol. The van der Waals surface area contributed by atoms with Crippen molar-refractivity contribution in [2.45, 2.75) is 27.2 Å². The first-order valence-corrected chi connectivity index (χ1v) is 7.67. The number of aryl methyl sites for hydroxylation is 3. The van der Waals surface area contributed by atoms with Gasteiger partial charge in [0.05, 0.1) is 5.69 Å². The van der Waals surface area contributed by atoms with Crippen LogP contribution in [0.4, 0.5) is 0 Å². The van der Waals surface area contributed by atoms with Gasteiger partial charge in [0.25, 0.3) is 0 Å². The summed E-state index contributed by atoms with van der Waals surface area (Å²) in [4.78, 5) is 0. The van der Waals surface area contributed by atoms with Crippen LogP contribution in [-0.4, -0.2) is 15.0 Å². The van der Waals surface area contributed by atoms with Crippen LogP contribution in [0.1, 0.15) is 29.3 Å². The minimum absolute atomic E-state index is 0.346. The molecular formula is C19H18N4. The van der Waals surface area contributed by atoms with Crippen LogP contribution in [0, 0.1) is 25.2 Å². The number of rotatable bonds is 3. The topological polar surface area (TPSA) is 54.5 Å². The Morgan fingerprint density at radius 3 is 2.57 bits per heavy atom. The van der Waals surface area contributed by atoms with Crippen molar-refractivity contribution in [2.75, 3.05) is 0 Å². The first kappa shape index (κ1) is 15.0. The minimum Gasteiger partial charge on any atom is -0.211 e. The van der Waals surface area contributed by atoms with E-state index in [4.69, 9.17) is 0 Å². The summed E-state index contributed by atoms with van der Waals surface area (Å²) in [6, 6.07) is 16.4. The van der Waals surface area contributed by atoms with Crippen molar-refractivity contribution in [3.8, 4) is 23.0 Å². The van der Waals surface area contributed by atoms with Gasteiger partial charge in [-0.3, -0.25) is 0 Å². The Morgan fingerprint density at radius 1 is 1.09 bits per heavy atom. The highest BCUT2D eigenvalue weighted by Crippen LogP contribution is 2.28. The zero-order valence-corrected chi connectivity index (χ0v) is 13.5. The smallest absolute Gasteiger partial charge is 0.191 e. The first-order valence-electron chi connectivity index (χ1n) is 7.67. The molecular weight excluding hydrogens is 284 g/mol. The van der Waals surface area contributed by atoms with E-state index in [-0.39, 0.29) is 0 Å². The molecule has 1 heterocycles. The molecule has 0 atom stereocenters. The molecule has 0 amide bonds. The van der Waals surface area contributed by atoms with Gasteiger partial charge in [0.1, 0.15) is 11.8 Å². The van der Waals surface area contributed by atoms with Crippen LogP contribution in [0.2, 0.25) is 0 Å². The lowest BCUT2D eigenvalue weighted by molar-refractivity contribution is 0.797. The molecule has 0 unspecified atom stereocenters. The SMILES string of the molecule is CCc1ccccc1-n1nnc(C#N)c1-c1ccc(C)c(C)c1. The van der Waals surface area contributed by atoms with E-state index in [1.54, 1.807) is 4.68 Å². The van der Waals surface area contributed by atoms with Crippen molar-refractivity contribution in [1.82, 2.24) is 15.0 Å². The van der Waals surface area contributed by atoms with Gasteiger partial charge in [-0.25, -0.2) is 4.68 Å². The van der Waals surface area contributed by atoms with E-state index < -0.39 is 0 Å².